The molecule has 0 aliphatic carbocycles. The number of Topliss-reactive ketones (excluding diaryl/α,β-unsaturated/α-hetero) is 1. The van der Waals surface area contributed by atoms with E-state index in [0.717, 1.165) is 30.0 Å². The van der Waals surface area contributed by atoms with E-state index in [4.69, 9.17) is 5.11 Å². The van der Waals surface area contributed by atoms with Crippen LogP contribution in [0.25, 0.3) is 10.8 Å². The van der Waals surface area contributed by atoms with E-state index in [9.17, 15) is 9.59 Å². The number of ketones is 1. The van der Waals surface area contributed by atoms with Crippen molar-refractivity contribution in [1.29, 1.82) is 0 Å². The third kappa shape index (κ3) is 2.90. The number of carbonyl (C=O) groups excluding carboxylic acids is 2. The number of hydrogen-bond acceptors (Lipinski definition) is 3. The molecule has 0 atom stereocenters. The lowest BCUT2D eigenvalue weighted by Gasteiger charge is -2.06. The predicted molar refractivity (Wildman–Crippen MR) is 73.3 cm³/mol. The van der Waals surface area contributed by atoms with Gasteiger partial charge in [-0.25, -0.2) is 0 Å². The quantitative estimate of drug-likeness (QED) is 0.359. The molecule has 0 amide bonds. The van der Waals surface area contributed by atoms with Gasteiger partial charge in [-0.1, -0.05) is 24.3 Å². The van der Waals surface area contributed by atoms with E-state index >= 15 is 0 Å². The third-order valence-electron chi connectivity index (χ3n) is 3.20. The molecular formula is C15H17NO3. The minimum absolute atomic E-state index is 0.188. The Morgan fingerprint density at radius 1 is 1.21 bits per heavy atom. The third-order valence-corrected chi connectivity index (χ3v) is 3.20. The van der Waals surface area contributed by atoms with Crippen LogP contribution in [0, 0.1) is 0 Å². The van der Waals surface area contributed by atoms with Crippen LogP contribution in [-0.2, 0) is 11.3 Å². The van der Waals surface area contributed by atoms with Crippen LogP contribution in [-0.4, -0.2) is 28.3 Å². The summed E-state index contributed by atoms with van der Waals surface area (Å²) in [4.78, 5) is 22.5. The van der Waals surface area contributed by atoms with Crippen LogP contribution in [0.3, 0.4) is 0 Å². The Morgan fingerprint density at radius 3 is 2.74 bits per heavy atom. The first-order chi connectivity index (χ1) is 9.27. The van der Waals surface area contributed by atoms with Crippen molar-refractivity contribution in [3.63, 3.8) is 0 Å². The molecule has 100 valence electrons. The number of benzene rings is 1. The average Bonchev–Trinajstić information content (AvgIpc) is 2.81. The number of aliphatic hydroxyl groups is 1. The molecular weight excluding hydrogens is 242 g/mol. The number of fused-ring (bicyclic) bond motifs is 1. The zero-order valence-electron chi connectivity index (χ0n) is 10.7. The fourth-order valence-electron chi connectivity index (χ4n) is 2.29. The predicted octanol–water partition coefficient (Wildman–Crippen LogP) is 2.19. The first kappa shape index (κ1) is 13.5. The Labute approximate surface area is 111 Å². The molecule has 0 fully saturated rings. The normalized spacial score (nSPS) is 10.8. The van der Waals surface area contributed by atoms with E-state index in [0.29, 0.717) is 18.5 Å². The van der Waals surface area contributed by atoms with Crippen LogP contribution < -0.4 is 0 Å². The largest absolute Gasteiger partial charge is 0.396 e. The van der Waals surface area contributed by atoms with Crippen molar-refractivity contribution in [3.8, 4) is 0 Å². The highest BCUT2D eigenvalue weighted by Crippen LogP contribution is 2.22. The highest BCUT2D eigenvalue weighted by atomic mass is 16.3. The average molecular weight is 259 g/mol. The number of nitrogens with zero attached hydrogens (tertiary/aromatic N) is 1. The minimum Gasteiger partial charge on any atom is -0.396 e. The Bertz CT molecular complexity index is 586. The van der Waals surface area contributed by atoms with Crippen LogP contribution >= 0.6 is 0 Å². The number of aliphatic hydroxyl groups excluding tert-OH is 1. The summed E-state index contributed by atoms with van der Waals surface area (Å²) in [6.45, 7) is 0.872. The summed E-state index contributed by atoms with van der Waals surface area (Å²) in [6.07, 6.45) is 4.81. The van der Waals surface area contributed by atoms with E-state index in [1.54, 1.807) is 0 Å². The smallest absolute Gasteiger partial charge is 0.242 e. The maximum atomic E-state index is 11.8. The van der Waals surface area contributed by atoms with Crippen molar-refractivity contribution in [1.82, 2.24) is 4.57 Å². The van der Waals surface area contributed by atoms with Gasteiger partial charge in [0, 0.05) is 30.1 Å². The van der Waals surface area contributed by atoms with E-state index in [1.165, 1.54) is 0 Å². The molecule has 0 bridgehead atoms. The summed E-state index contributed by atoms with van der Waals surface area (Å²) < 4.78 is 1.85. The molecule has 0 aliphatic heterocycles. The van der Waals surface area contributed by atoms with Gasteiger partial charge in [-0.05, 0) is 19.3 Å². The fraction of sp³-hybridized carbons (Fsp3) is 0.333. The molecule has 2 rings (SSSR count). The second kappa shape index (κ2) is 6.29. The Balaban J connectivity index is 2.30. The lowest BCUT2D eigenvalue weighted by atomic mass is 10.1. The maximum absolute atomic E-state index is 11.8. The Morgan fingerprint density at radius 2 is 2.00 bits per heavy atom. The topological polar surface area (TPSA) is 59.3 Å². The molecule has 0 aliphatic rings. The molecule has 0 unspecified atom stereocenters. The second-order valence-electron chi connectivity index (χ2n) is 4.52. The first-order valence-corrected chi connectivity index (χ1v) is 6.46. The molecule has 1 aromatic carbocycles. The van der Waals surface area contributed by atoms with E-state index in [-0.39, 0.29) is 6.61 Å². The fourth-order valence-corrected chi connectivity index (χ4v) is 2.29. The van der Waals surface area contributed by atoms with E-state index in [1.807, 2.05) is 35.0 Å². The zero-order chi connectivity index (χ0) is 13.7. The van der Waals surface area contributed by atoms with Crippen molar-refractivity contribution in [3.05, 3.63) is 36.2 Å². The standard InChI is InChI=1S/C15H17NO3/c17-9-5-1-4-8-16-10-12-6-2-3-7-13(12)15(16)14(19)11-18/h2-3,6-7,10-11,17H,1,4-5,8-9H2. The molecule has 0 radical (unpaired) electrons. The monoisotopic (exact) mass is 259 g/mol. The molecule has 4 nitrogen and oxygen atoms in total. The van der Waals surface area contributed by atoms with Gasteiger partial charge in [-0.3, -0.25) is 9.59 Å². The number of unbranched alkanes of at least 4 members (excludes halogenated alkanes) is 2. The SMILES string of the molecule is O=CC(=O)c1c2ccccc2cn1CCCCCO. The number of hydrogen-bond donors (Lipinski definition) is 1. The van der Waals surface area contributed by atoms with Crippen molar-refractivity contribution in [2.45, 2.75) is 25.8 Å². The Hall–Kier alpha value is -1.94. The van der Waals surface area contributed by atoms with E-state index < -0.39 is 5.78 Å². The van der Waals surface area contributed by atoms with Gasteiger partial charge >= 0.3 is 0 Å². The molecule has 0 saturated carbocycles. The van der Waals surface area contributed by atoms with Crippen LogP contribution in [0.4, 0.5) is 0 Å². The van der Waals surface area contributed by atoms with Gasteiger partial charge in [0.05, 0.1) is 0 Å². The maximum Gasteiger partial charge on any atom is 0.242 e. The number of aldehydes is 1. The molecule has 1 aromatic heterocycles. The first-order valence-electron chi connectivity index (χ1n) is 6.46. The molecule has 1 heterocycles. The lowest BCUT2D eigenvalue weighted by Crippen LogP contribution is -2.10. The van der Waals surface area contributed by atoms with Crippen molar-refractivity contribution < 1.29 is 14.7 Å². The number of carbonyl (C=O) groups is 2. The van der Waals surface area contributed by atoms with E-state index in [2.05, 4.69) is 0 Å². The lowest BCUT2D eigenvalue weighted by molar-refractivity contribution is -0.104. The summed E-state index contributed by atoms with van der Waals surface area (Å²) in [5.74, 6) is -0.483. The zero-order valence-corrected chi connectivity index (χ0v) is 10.7. The summed E-state index contributed by atoms with van der Waals surface area (Å²) in [5.41, 5.74) is 0.467. The van der Waals surface area contributed by atoms with Crippen molar-refractivity contribution >= 4 is 22.8 Å². The van der Waals surface area contributed by atoms with Gasteiger partial charge in [-0.2, -0.15) is 0 Å². The second-order valence-corrected chi connectivity index (χ2v) is 4.52. The molecule has 0 saturated heterocycles. The van der Waals surface area contributed by atoms with Crippen LogP contribution in [0.1, 0.15) is 29.8 Å². The van der Waals surface area contributed by atoms with Crippen LogP contribution in [0.5, 0.6) is 0 Å². The number of aromatic nitrogens is 1. The highest BCUT2D eigenvalue weighted by molar-refractivity contribution is 6.35. The summed E-state index contributed by atoms with van der Waals surface area (Å²) >= 11 is 0. The summed E-state index contributed by atoms with van der Waals surface area (Å²) in [5, 5.41) is 10.5. The van der Waals surface area contributed by atoms with Crippen molar-refractivity contribution in [2.75, 3.05) is 6.61 Å². The summed E-state index contributed by atoms with van der Waals surface area (Å²) in [6, 6.07) is 7.56. The molecule has 4 heteroatoms. The van der Waals surface area contributed by atoms with Gasteiger partial charge in [0.15, 0.2) is 6.29 Å². The Kier molecular flexibility index (Phi) is 4.47. The van der Waals surface area contributed by atoms with Crippen LogP contribution in [0.2, 0.25) is 0 Å². The van der Waals surface area contributed by atoms with Gasteiger partial charge in [0.1, 0.15) is 5.69 Å². The molecule has 1 N–H and O–H groups in total. The minimum atomic E-state index is -0.483. The molecule has 0 spiro atoms. The number of rotatable bonds is 7. The number of aryl methyl sites for hydroxylation is 1. The molecule has 19 heavy (non-hydrogen) atoms. The van der Waals surface area contributed by atoms with Gasteiger partial charge in [-0.15, -0.1) is 0 Å². The van der Waals surface area contributed by atoms with Gasteiger partial charge in [0.25, 0.3) is 0 Å². The highest BCUT2D eigenvalue weighted by Gasteiger charge is 2.15. The molecule has 2 aromatic rings. The van der Waals surface area contributed by atoms with Gasteiger partial charge < -0.3 is 9.67 Å². The van der Waals surface area contributed by atoms with Crippen molar-refractivity contribution in [2.24, 2.45) is 0 Å². The summed E-state index contributed by atoms with van der Waals surface area (Å²) in [7, 11) is 0. The van der Waals surface area contributed by atoms with Crippen LogP contribution in [0.15, 0.2) is 30.5 Å². The van der Waals surface area contributed by atoms with Gasteiger partial charge in [0.2, 0.25) is 5.78 Å².